The lowest BCUT2D eigenvalue weighted by atomic mass is 10.1. The zero-order chi connectivity index (χ0) is 20.8. The van der Waals surface area contributed by atoms with E-state index in [4.69, 9.17) is 21.1 Å². The summed E-state index contributed by atoms with van der Waals surface area (Å²) in [5, 5.41) is 14.4. The summed E-state index contributed by atoms with van der Waals surface area (Å²) in [7, 11) is 0. The van der Waals surface area contributed by atoms with Crippen molar-refractivity contribution in [3.05, 3.63) is 52.8 Å². The van der Waals surface area contributed by atoms with Crippen molar-refractivity contribution in [3.63, 3.8) is 0 Å². The molecule has 29 heavy (non-hydrogen) atoms. The van der Waals surface area contributed by atoms with Gasteiger partial charge in [0.15, 0.2) is 11.5 Å². The van der Waals surface area contributed by atoms with Crippen molar-refractivity contribution in [2.24, 2.45) is 0 Å². The number of carbonyl (C=O) groups excluding carboxylic acids is 1. The van der Waals surface area contributed by atoms with Gasteiger partial charge in [0.05, 0.1) is 23.9 Å². The molecule has 0 spiro atoms. The normalized spacial score (nSPS) is 10.6. The summed E-state index contributed by atoms with van der Waals surface area (Å²) < 4.78 is 12.8. The Morgan fingerprint density at radius 2 is 2.03 bits per heavy atom. The number of carbonyl (C=O) groups is 1. The molecule has 3 aromatic rings. The number of ether oxygens (including phenoxy) is 2. The highest BCUT2D eigenvalue weighted by molar-refractivity contribution is 6.32. The molecular formula is C20H22ClN5O3. The number of tetrazole rings is 1. The van der Waals surface area contributed by atoms with E-state index in [2.05, 4.69) is 20.8 Å². The van der Waals surface area contributed by atoms with Crippen molar-refractivity contribution in [2.75, 3.05) is 18.5 Å². The fraction of sp³-hybridized carbons (Fsp3) is 0.300. The molecular weight excluding hydrogens is 394 g/mol. The summed E-state index contributed by atoms with van der Waals surface area (Å²) in [6.07, 6.45) is 2.32. The van der Waals surface area contributed by atoms with E-state index in [0.29, 0.717) is 41.0 Å². The number of hydrogen-bond donors (Lipinski definition) is 1. The van der Waals surface area contributed by atoms with E-state index < -0.39 is 0 Å². The molecule has 2 aromatic carbocycles. The van der Waals surface area contributed by atoms with Crippen LogP contribution in [0.2, 0.25) is 5.02 Å². The van der Waals surface area contributed by atoms with Crippen LogP contribution in [0.15, 0.2) is 36.7 Å². The minimum atomic E-state index is -0.313. The van der Waals surface area contributed by atoms with E-state index in [-0.39, 0.29) is 5.91 Å². The molecule has 0 unspecified atom stereocenters. The summed E-state index contributed by atoms with van der Waals surface area (Å²) in [5.74, 6) is 0.577. The largest absolute Gasteiger partial charge is 0.490 e. The van der Waals surface area contributed by atoms with Crippen molar-refractivity contribution >= 4 is 23.2 Å². The molecule has 1 N–H and O–H groups in total. The van der Waals surface area contributed by atoms with Crippen molar-refractivity contribution in [2.45, 2.75) is 27.2 Å². The summed E-state index contributed by atoms with van der Waals surface area (Å²) in [6.45, 7) is 6.70. The average Bonchev–Trinajstić information content (AvgIpc) is 3.24. The molecule has 0 fully saturated rings. The maximum absolute atomic E-state index is 12.9. The molecule has 152 valence electrons. The average molecular weight is 416 g/mol. The second-order valence-electron chi connectivity index (χ2n) is 6.27. The molecule has 1 aromatic heterocycles. The van der Waals surface area contributed by atoms with Crippen LogP contribution in [-0.4, -0.2) is 39.3 Å². The van der Waals surface area contributed by atoms with Gasteiger partial charge in [-0.1, -0.05) is 24.6 Å². The van der Waals surface area contributed by atoms with Gasteiger partial charge in [0, 0.05) is 11.3 Å². The van der Waals surface area contributed by atoms with Gasteiger partial charge in [-0.15, -0.1) is 5.10 Å². The molecule has 9 heteroatoms. The van der Waals surface area contributed by atoms with Gasteiger partial charge in [0.2, 0.25) is 0 Å². The minimum Gasteiger partial charge on any atom is -0.490 e. The summed E-state index contributed by atoms with van der Waals surface area (Å²) in [5.41, 5.74) is 2.64. The number of nitrogens with one attached hydrogen (secondary N) is 1. The fourth-order valence-electron chi connectivity index (χ4n) is 2.67. The number of nitrogens with zero attached hydrogens (tertiary/aromatic N) is 4. The lowest BCUT2D eigenvalue weighted by Crippen LogP contribution is -2.14. The van der Waals surface area contributed by atoms with Crippen molar-refractivity contribution < 1.29 is 14.3 Å². The van der Waals surface area contributed by atoms with E-state index >= 15 is 0 Å². The lowest BCUT2D eigenvalue weighted by molar-refractivity contribution is 0.102. The Balaban J connectivity index is 1.88. The van der Waals surface area contributed by atoms with Crippen molar-refractivity contribution in [1.29, 1.82) is 0 Å². The molecule has 1 heterocycles. The molecule has 3 rings (SSSR count). The first kappa shape index (κ1) is 20.6. The zero-order valence-electron chi connectivity index (χ0n) is 16.5. The van der Waals surface area contributed by atoms with Crippen LogP contribution >= 0.6 is 11.6 Å². The molecule has 0 radical (unpaired) electrons. The maximum Gasteiger partial charge on any atom is 0.255 e. The van der Waals surface area contributed by atoms with Crippen LogP contribution in [0.5, 0.6) is 11.5 Å². The summed E-state index contributed by atoms with van der Waals surface area (Å²) >= 11 is 6.37. The predicted molar refractivity (Wildman–Crippen MR) is 110 cm³/mol. The van der Waals surface area contributed by atoms with Crippen molar-refractivity contribution in [3.8, 4) is 17.2 Å². The molecule has 0 bridgehead atoms. The molecule has 0 saturated heterocycles. The number of anilines is 1. The zero-order valence-corrected chi connectivity index (χ0v) is 17.2. The highest BCUT2D eigenvalue weighted by Crippen LogP contribution is 2.37. The van der Waals surface area contributed by atoms with Crippen molar-refractivity contribution in [1.82, 2.24) is 20.2 Å². The fourth-order valence-corrected chi connectivity index (χ4v) is 2.93. The number of aryl methyl sites for hydroxylation is 1. The Labute approximate surface area is 173 Å². The van der Waals surface area contributed by atoms with Crippen LogP contribution < -0.4 is 14.8 Å². The van der Waals surface area contributed by atoms with Gasteiger partial charge in [-0.2, -0.15) is 0 Å². The molecule has 0 aliphatic heterocycles. The number of benzene rings is 2. The first-order valence-electron chi connectivity index (χ1n) is 9.28. The monoisotopic (exact) mass is 415 g/mol. The summed E-state index contributed by atoms with van der Waals surface area (Å²) in [4.78, 5) is 12.9. The molecule has 0 aliphatic rings. The second kappa shape index (κ2) is 9.38. The third-order valence-corrected chi connectivity index (χ3v) is 4.39. The number of hydrogen-bond acceptors (Lipinski definition) is 6. The highest BCUT2D eigenvalue weighted by Gasteiger charge is 2.17. The number of aromatic nitrogens is 4. The Bertz CT molecular complexity index is 992. The predicted octanol–water partition coefficient (Wildman–Crippen LogP) is 4.06. The molecule has 8 nitrogen and oxygen atoms in total. The van der Waals surface area contributed by atoms with Crippen LogP contribution in [0.3, 0.4) is 0 Å². The van der Waals surface area contributed by atoms with Gasteiger partial charge in [0.1, 0.15) is 6.33 Å². The Hall–Kier alpha value is -3.13. The quantitative estimate of drug-likeness (QED) is 0.596. The first-order chi connectivity index (χ1) is 14.0. The molecule has 0 saturated carbocycles. The van der Waals surface area contributed by atoms with Gasteiger partial charge >= 0.3 is 0 Å². The van der Waals surface area contributed by atoms with E-state index in [1.165, 1.54) is 11.0 Å². The van der Waals surface area contributed by atoms with Gasteiger partial charge in [-0.25, -0.2) is 4.68 Å². The Morgan fingerprint density at radius 3 is 2.72 bits per heavy atom. The number of rotatable bonds is 8. The van der Waals surface area contributed by atoms with Crippen LogP contribution in [-0.2, 0) is 0 Å². The van der Waals surface area contributed by atoms with E-state index in [1.54, 1.807) is 18.2 Å². The Morgan fingerprint density at radius 1 is 1.21 bits per heavy atom. The van der Waals surface area contributed by atoms with Gasteiger partial charge in [-0.3, -0.25) is 4.79 Å². The third-order valence-electron chi connectivity index (χ3n) is 4.10. The topological polar surface area (TPSA) is 91.2 Å². The van der Waals surface area contributed by atoms with Gasteiger partial charge in [-0.05, 0) is 60.5 Å². The van der Waals surface area contributed by atoms with Crippen LogP contribution in [0.1, 0.15) is 36.2 Å². The maximum atomic E-state index is 12.9. The van der Waals surface area contributed by atoms with Gasteiger partial charge < -0.3 is 14.8 Å². The van der Waals surface area contributed by atoms with Gasteiger partial charge in [0.25, 0.3) is 5.91 Å². The highest BCUT2D eigenvalue weighted by atomic mass is 35.5. The first-order valence-corrected chi connectivity index (χ1v) is 9.65. The lowest BCUT2D eigenvalue weighted by Gasteiger charge is -2.15. The summed E-state index contributed by atoms with van der Waals surface area (Å²) in [6, 6.07) is 8.76. The molecule has 0 atom stereocenters. The minimum absolute atomic E-state index is 0.313. The second-order valence-corrected chi connectivity index (χ2v) is 6.68. The standard InChI is InChI=1S/C20H22ClN5O3/c1-4-8-29-19-16(21)9-14(10-18(19)28-5-2)20(27)23-17-11-15(7-6-13(17)3)26-12-22-24-25-26/h6-7,9-12H,4-5,8H2,1-3H3,(H,23,27). The van der Waals surface area contributed by atoms with Crippen LogP contribution in [0, 0.1) is 6.92 Å². The van der Waals surface area contributed by atoms with E-state index in [9.17, 15) is 4.79 Å². The Kier molecular flexibility index (Phi) is 6.66. The van der Waals surface area contributed by atoms with E-state index in [0.717, 1.165) is 17.7 Å². The van der Waals surface area contributed by atoms with Crippen LogP contribution in [0.4, 0.5) is 5.69 Å². The van der Waals surface area contributed by atoms with E-state index in [1.807, 2.05) is 32.9 Å². The van der Waals surface area contributed by atoms with Crippen LogP contribution in [0.25, 0.3) is 5.69 Å². The number of amides is 1. The molecule has 1 amide bonds. The smallest absolute Gasteiger partial charge is 0.255 e. The SMILES string of the molecule is CCCOc1c(Cl)cc(C(=O)Nc2cc(-n3cnnn3)ccc2C)cc1OCC. The molecule has 0 aliphatic carbocycles. The third kappa shape index (κ3) is 4.83. The number of halogens is 1.